The Morgan fingerprint density at radius 1 is 0.891 bits per heavy atom. The zero-order valence-corrected chi connectivity index (χ0v) is 27.3. The molecule has 3 fully saturated rings. The molecule has 46 heavy (non-hydrogen) atoms. The third kappa shape index (κ3) is 9.31. The summed E-state index contributed by atoms with van der Waals surface area (Å²) in [7, 11) is 0. The van der Waals surface area contributed by atoms with Gasteiger partial charge in [0.25, 0.3) is 0 Å². The van der Waals surface area contributed by atoms with Gasteiger partial charge in [0, 0.05) is 44.2 Å². The van der Waals surface area contributed by atoms with E-state index in [9.17, 15) is 19.2 Å². The minimum absolute atomic E-state index is 0.0412. The highest BCUT2D eigenvalue weighted by Crippen LogP contribution is 2.29. The molecule has 10 nitrogen and oxygen atoms in total. The van der Waals surface area contributed by atoms with Crippen molar-refractivity contribution in [2.75, 3.05) is 13.1 Å². The van der Waals surface area contributed by atoms with Crippen molar-refractivity contribution in [3.63, 3.8) is 0 Å². The number of likely N-dealkylation sites (tertiary alicyclic amines) is 1. The second kappa shape index (κ2) is 15.1. The molecule has 10 heteroatoms. The highest BCUT2D eigenvalue weighted by Gasteiger charge is 2.34. The molecule has 2 saturated heterocycles. The molecule has 2 heterocycles. The molecule has 1 aliphatic carbocycles. The van der Waals surface area contributed by atoms with E-state index < -0.39 is 5.60 Å². The zero-order valence-electron chi connectivity index (χ0n) is 27.3. The number of piperidine rings is 2. The Bertz CT molecular complexity index is 1340. The van der Waals surface area contributed by atoms with Gasteiger partial charge in [-0.1, -0.05) is 54.6 Å². The number of benzene rings is 2. The van der Waals surface area contributed by atoms with Crippen molar-refractivity contribution in [2.45, 2.75) is 115 Å². The molecule has 1 saturated carbocycles. The Labute approximate surface area is 272 Å². The summed E-state index contributed by atoms with van der Waals surface area (Å²) in [5.74, 6) is -0.822. The fourth-order valence-corrected chi connectivity index (χ4v) is 6.83. The van der Waals surface area contributed by atoms with Crippen LogP contribution < -0.4 is 10.6 Å². The third-order valence-corrected chi connectivity index (χ3v) is 9.29. The minimum Gasteiger partial charge on any atom is -0.445 e. The van der Waals surface area contributed by atoms with E-state index >= 15 is 0 Å². The Balaban J connectivity index is 1.18. The average Bonchev–Trinajstić information content (AvgIpc) is 3.03. The topological polar surface area (TPSA) is 117 Å². The van der Waals surface area contributed by atoms with E-state index in [2.05, 4.69) is 15.5 Å². The van der Waals surface area contributed by atoms with E-state index in [1.54, 1.807) is 0 Å². The Hall–Kier alpha value is -3.92. The summed E-state index contributed by atoms with van der Waals surface area (Å²) in [5.41, 5.74) is 2.27. The number of alkyl carbamates (subject to hydrolysis) is 1. The second-order valence-electron chi connectivity index (χ2n) is 13.8. The molecule has 2 N–H and O–H groups in total. The normalized spacial score (nSPS) is 22.9. The van der Waals surface area contributed by atoms with E-state index in [-0.39, 0.29) is 48.6 Å². The standard InChI is InChI=1S/C36H48N4O6/c1-36(2,3)46-34(43)37-28-13-15-29(16-14-28)39-21-19-30(20-22-39)40(35(44)45-24-26-7-5-4-6-8-26)23-25-9-11-27(12-10-25)31-17-18-32(41)38-33(31)42/h4-12,28-31H,13-24H2,1-3H3,(H,37,43)(H,38,41,42). The quantitative estimate of drug-likeness (QED) is 0.362. The zero-order chi connectivity index (χ0) is 32.7. The average molecular weight is 633 g/mol. The number of amides is 4. The fraction of sp³-hybridized carbons (Fsp3) is 0.556. The number of ether oxygens (including phenoxy) is 2. The molecule has 2 aromatic rings. The highest BCUT2D eigenvalue weighted by molar-refractivity contribution is 6.00. The highest BCUT2D eigenvalue weighted by atomic mass is 16.6. The molecule has 2 aliphatic heterocycles. The Kier molecular flexibility index (Phi) is 11.0. The van der Waals surface area contributed by atoms with Gasteiger partial charge in [0.1, 0.15) is 12.2 Å². The number of nitrogens with zero attached hydrogens (tertiary/aromatic N) is 2. The van der Waals surface area contributed by atoms with Gasteiger partial charge in [0.2, 0.25) is 11.8 Å². The van der Waals surface area contributed by atoms with Gasteiger partial charge in [-0.25, -0.2) is 9.59 Å². The van der Waals surface area contributed by atoms with Crippen LogP contribution >= 0.6 is 0 Å². The van der Waals surface area contributed by atoms with Gasteiger partial charge in [-0.15, -0.1) is 0 Å². The summed E-state index contributed by atoms with van der Waals surface area (Å²) in [6.07, 6.45) is 5.76. The van der Waals surface area contributed by atoms with Crippen LogP contribution in [0, 0.1) is 0 Å². The van der Waals surface area contributed by atoms with Crippen LogP contribution in [-0.2, 0) is 32.2 Å². The fourth-order valence-electron chi connectivity index (χ4n) is 6.83. The molecule has 1 atom stereocenters. The Morgan fingerprint density at radius 3 is 2.20 bits per heavy atom. The number of nitrogens with one attached hydrogen (secondary N) is 2. The first kappa shape index (κ1) is 33.4. The molecule has 3 aliphatic rings. The van der Waals surface area contributed by atoms with Crippen molar-refractivity contribution in [1.82, 2.24) is 20.4 Å². The number of hydrogen-bond acceptors (Lipinski definition) is 7. The molecule has 0 bridgehead atoms. The van der Waals surface area contributed by atoms with Gasteiger partial charge in [-0.2, -0.15) is 0 Å². The first-order valence-corrected chi connectivity index (χ1v) is 16.7. The van der Waals surface area contributed by atoms with E-state index in [1.165, 1.54) is 0 Å². The first-order valence-electron chi connectivity index (χ1n) is 16.7. The predicted molar refractivity (Wildman–Crippen MR) is 174 cm³/mol. The molecule has 2 aromatic carbocycles. The summed E-state index contributed by atoms with van der Waals surface area (Å²) < 4.78 is 11.3. The number of imide groups is 1. The van der Waals surface area contributed by atoms with Gasteiger partial charge in [0.15, 0.2) is 0 Å². The van der Waals surface area contributed by atoms with Crippen LogP contribution in [0.4, 0.5) is 9.59 Å². The van der Waals surface area contributed by atoms with Crippen molar-refractivity contribution < 1.29 is 28.7 Å². The lowest BCUT2D eigenvalue weighted by Gasteiger charge is -2.43. The SMILES string of the molecule is CC(C)(C)OC(=O)NC1CCC(N2CCC(N(Cc3ccc(C4CCC(=O)NC4=O)cc3)C(=O)OCc3ccccc3)CC2)CC1. The van der Waals surface area contributed by atoms with Gasteiger partial charge in [-0.3, -0.25) is 14.9 Å². The van der Waals surface area contributed by atoms with Crippen LogP contribution in [-0.4, -0.2) is 70.6 Å². The molecule has 0 radical (unpaired) electrons. The van der Waals surface area contributed by atoms with Crippen molar-refractivity contribution in [3.8, 4) is 0 Å². The second-order valence-corrected chi connectivity index (χ2v) is 13.8. The van der Waals surface area contributed by atoms with Crippen molar-refractivity contribution in [1.29, 1.82) is 0 Å². The lowest BCUT2D eigenvalue weighted by Crippen LogP contribution is -2.51. The molecule has 0 aromatic heterocycles. The molecule has 0 spiro atoms. The maximum absolute atomic E-state index is 13.6. The van der Waals surface area contributed by atoms with Crippen LogP contribution in [0.5, 0.6) is 0 Å². The van der Waals surface area contributed by atoms with Crippen molar-refractivity contribution >= 4 is 24.0 Å². The van der Waals surface area contributed by atoms with Crippen molar-refractivity contribution in [3.05, 3.63) is 71.3 Å². The predicted octanol–water partition coefficient (Wildman–Crippen LogP) is 5.65. The molecule has 5 rings (SSSR count). The minimum atomic E-state index is -0.507. The molecule has 248 valence electrons. The van der Waals surface area contributed by atoms with Crippen LogP contribution in [0.1, 0.15) is 94.7 Å². The van der Waals surface area contributed by atoms with Crippen LogP contribution in [0.25, 0.3) is 0 Å². The molecule has 4 amide bonds. The van der Waals surface area contributed by atoms with E-state index in [0.717, 1.165) is 68.3 Å². The molecular formula is C36H48N4O6. The summed E-state index contributed by atoms with van der Waals surface area (Å²) in [6.45, 7) is 8.04. The van der Waals surface area contributed by atoms with E-state index in [1.807, 2.05) is 80.3 Å². The maximum atomic E-state index is 13.6. The maximum Gasteiger partial charge on any atom is 0.410 e. The van der Waals surface area contributed by atoms with Crippen LogP contribution in [0.2, 0.25) is 0 Å². The number of rotatable bonds is 8. The summed E-state index contributed by atoms with van der Waals surface area (Å²) >= 11 is 0. The smallest absolute Gasteiger partial charge is 0.410 e. The van der Waals surface area contributed by atoms with Crippen molar-refractivity contribution in [2.24, 2.45) is 0 Å². The largest absolute Gasteiger partial charge is 0.445 e. The van der Waals surface area contributed by atoms with Crippen LogP contribution in [0.3, 0.4) is 0 Å². The molecule has 1 unspecified atom stereocenters. The van der Waals surface area contributed by atoms with Gasteiger partial charge in [-0.05, 0) is 82.4 Å². The lowest BCUT2D eigenvalue weighted by molar-refractivity contribution is -0.134. The monoisotopic (exact) mass is 632 g/mol. The molecular weight excluding hydrogens is 584 g/mol. The van der Waals surface area contributed by atoms with E-state index in [0.29, 0.717) is 25.4 Å². The Morgan fingerprint density at radius 2 is 1.57 bits per heavy atom. The van der Waals surface area contributed by atoms with Gasteiger partial charge in [0.05, 0.1) is 5.92 Å². The number of carbonyl (C=O) groups is 4. The van der Waals surface area contributed by atoms with E-state index in [4.69, 9.17) is 9.47 Å². The first-order chi connectivity index (χ1) is 22.0. The lowest BCUT2D eigenvalue weighted by atomic mass is 9.88. The summed E-state index contributed by atoms with van der Waals surface area (Å²) in [5, 5.41) is 5.47. The third-order valence-electron chi connectivity index (χ3n) is 9.29. The van der Waals surface area contributed by atoms with Gasteiger partial charge < -0.3 is 24.6 Å². The summed E-state index contributed by atoms with van der Waals surface area (Å²) in [6, 6.07) is 18.1. The van der Waals surface area contributed by atoms with Gasteiger partial charge >= 0.3 is 12.2 Å². The van der Waals surface area contributed by atoms with Crippen LogP contribution in [0.15, 0.2) is 54.6 Å². The number of hydrogen-bond donors (Lipinski definition) is 2. The number of carbonyl (C=O) groups excluding carboxylic acids is 4. The summed E-state index contributed by atoms with van der Waals surface area (Å²) in [4.78, 5) is 54.1.